The zero-order valence-corrected chi connectivity index (χ0v) is 9.91. The van der Waals surface area contributed by atoms with Crippen LogP contribution >= 0.6 is 23.4 Å². The van der Waals surface area contributed by atoms with E-state index in [-0.39, 0.29) is 11.0 Å². The average Bonchev–Trinajstić information content (AvgIpc) is 2.08. The molecule has 5 heteroatoms. The molecule has 15 heavy (non-hydrogen) atoms. The maximum atomic E-state index is 10.8. The van der Waals surface area contributed by atoms with Crippen LogP contribution in [0.25, 0.3) is 0 Å². The van der Waals surface area contributed by atoms with E-state index in [0.29, 0.717) is 10.7 Å². The second-order valence-electron chi connectivity index (χ2n) is 2.92. The summed E-state index contributed by atoms with van der Waals surface area (Å²) in [5.74, 6) is -0.177. The Morgan fingerprint density at radius 3 is 2.47 bits per heavy atom. The second kappa shape index (κ2) is 5.19. The van der Waals surface area contributed by atoms with Gasteiger partial charge in [0.1, 0.15) is 0 Å². The number of benzene rings is 1. The summed E-state index contributed by atoms with van der Waals surface area (Å²) in [6, 6.07) is 5.07. The van der Waals surface area contributed by atoms with E-state index in [9.17, 15) is 9.59 Å². The third kappa shape index (κ3) is 3.93. The van der Waals surface area contributed by atoms with Crippen molar-refractivity contribution < 1.29 is 9.59 Å². The van der Waals surface area contributed by atoms with Gasteiger partial charge < -0.3 is 5.32 Å². The van der Waals surface area contributed by atoms with Crippen molar-refractivity contribution in [1.82, 2.24) is 0 Å². The van der Waals surface area contributed by atoms with E-state index in [1.165, 1.54) is 13.8 Å². The predicted molar refractivity (Wildman–Crippen MR) is 62.3 cm³/mol. The first-order chi connectivity index (χ1) is 6.99. The number of thioether (sulfide) groups is 1. The molecule has 0 fully saturated rings. The zero-order chi connectivity index (χ0) is 11.4. The molecule has 1 amide bonds. The van der Waals surface area contributed by atoms with Gasteiger partial charge in [-0.1, -0.05) is 23.4 Å². The molecule has 0 radical (unpaired) electrons. The molecule has 0 heterocycles. The van der Waals surface area contributed by atoms with E-state index < -0.39 is 0 Å². The van der Waals surface area contributed by atoms with Gasteiger partial charge in [-0.05, 0) is 18.2 Å². The van der Waals surface area contributed by atoms with Crippen LogP contribution in [0.4, 0.5) is 5.69 Å². The van der Waals surface area contributed by atoms with Gasteiger partial charge in [0, 0.05) is 18.7 Å². The zero-order valence-electron chi connectivity index (χ0n) is 8.33. The number of rotatable bonds is 2. The molecule has 0 saturated heterocycles. The van der Waals surface area contributed by atoms with Crippen molar-refractivity contribution >= 4 is 40.1 Å². The van der Waals surface area contributed by atoms with Crippen LogP contribution in [0.3, 0.4) is 0 Å². The quantitative estimate of drug-likeness (QED) is 0.813. The normalized spacial score (nSPS) is 9.80. The average molecular weight is 244 g/mol. The Hall–Kier alpha value is -1.00. The van der Waals surface area contributed by atoms with Crippen LogP contribution in [0.15, 0.2) is 23.1 Å². The van der Waals surface area contributed by atoms with Crippen molar-refractivity contribution in [2.24, 2.45) is 0 Å². The van der Waals surface area contributed by atoms with Gasteiger partial charge in [0.2, 0.25) is 5.91 Å². The molecule has 0 bridgehead atoms. The van der Waals surface area contributed by atoms with Crippen molar-refractivity contribution in [3.63, 3.8) is 0 Å². The molecule has 80 valence electrons. The number of hydrogen-bond donors (Lipinski definition) is 1. The molecule has 0 spiro atoms. The molecule has 1 aromatic rings. The number of halogens is 1. The molecule has 0 aromatic heterocycles. The van der Waals surface area contributed by atoms with Crippen molar-refractivity contribution in [3.05, 3.63) is 23.2 Å². The van der Waals surface area contributed by atoms with Crippen LogP contribution in [0.1, 0.15) is 13.8 Å². The summed E-state index contributed by atoms with van der Waals surface area (Å²) in [4.78, 5) is 22.4. The first kappa shape index (κ1) is 12.1. The lowest BCUT2D eigenvalue weighted by atomic mass is 10.3. The Morgan fingerprint density at radius 2 is 2.00 bits per heavy atom. The first-order valence-corrected chi connectivity index (χ1v) is 5.44. The largest absolute Gasteiger partial charge is 0.325 e. The minimum atomic E-state index is -0.177. The van der Waals surface area contributed by atoms with E-state index >= 15 is 0 Å². The van der Waals surface area contributed by atoms with E-state index in [2.05, 4.69) is 5.32 Å². The van der Waals surface area contributed by atoms with Gasteiger partial charge in [0.15, 0.2) is 5.12 Å². The molecular weight excluding hydrogens is 234 g/mol. The Morgan fingerprint density at radius 1 is 1.33 bits per heavy atom. The number of nitrogens with one attached hydrogen (secondary N) is 1. The highest BCUT2D eigenvalue weighted by Crippen LogP contribution is 2.28. The lowest BCUT2D eigenvalue weighted by molar-refractivity contribution is -0.114. The fourth-order valence-corrected chi connectivity index (χ4v) is 1.95. The van der Waals surface area contributed by atoms with Crippen LogP contribution in [0, 0.1) is 0 Å². The first-order valence-electron chi connectivity index (χ1n) is 4.24. The maximum Gasteiger partial charge on any atom is 0.221 e. The molecule has 0 aliphatic carbocycles. The number of amides is 1. The van der Waals surface area contributed by atoms with Crippen LogP contribution in [-0.4, -0.2) is 11.0 Å². The van der Waals surface area contributed by atoms with Crippen molar-refractivity contribution in [2.45, 2.75) is 18.7 Å². The monoisotopic (exact) mass is 243 g/mol. The molecule has 1 rings (SSSR count). The van der Waals surface area contributed by atoms with E-state index in [1.54, 1.807) is 18.2 Å². The summed E-state index contributed by atoms with van der Waals surface area (Å²) in [5.41, 5.74) is 0.553. The van der Waals surface area contributed by atoms with E-state index in [1.807, 2.05) is 0 Å². The molecule has 0 aliphatic heterocycles. The van der Waals surface area contributed by atoms with Gasteiger partial charge in [-0.2, -0.15) is 0 Å². The summed E-state index contributed by atoms with van der Waals surface area (Å²) in [6.45, 7) is 2.90. The molecule has 3 nitrogen and oxygen atoms in total. The summed E-state index contributed by atoms with van der Waals surface area (Å²) in [5, 5.41) is 3.01. The number of hydrogen-bond acceptors (Lipinski definition) is 3. The van der Waals surface area contributed by atoms with Gasteiger partial charge in [0.05, 0.1) is 10.7 Å². The summed E-state index contributed by atoms with van der Waals surface area (Å²) >= 11 is 7.02. The van der Waals surface area contributed by atoms with Crippen LogP contribution in [-0.2, 0) is 9.59 Å². The fraction of sp³-hybridized carbons (Fsp3) is 0.200. The van der Waals surface area contributed by atoms with Crippen molar-refractivity contribution in [2.75, 3.05) is 5.32 Å². The van der Waals surface area contributed by atoms with Gasteiger partial charge >= 0.3 is 0 Å². The highest BCUT2D eigenvalue weighted by atomic mass is 35.5. The van der Waals surface area contributed by atoms with Gasteiger partial charge in [-0.3, -0.25) is 9.59 Å². The highest BCUT2D eigenvalue weighted by Gasteiger charge is 2.05. The SMILES string of the molecule is CC(=O)Nc1ccc(SC(C)=O)cc1Cl. The Labute approximate surface area is 97.2 Å². The molecular formula is C10H10ClNO2S. The Bertz CT molecular complexity index is 406. The molecule has 1 aromatic carbocycles. The van der Waals surface area contributed by atoms with Crippen LogP contribution in [0.2, 0.25) is 5.02 Å². The van der Waals surface area contributed by atoms with E-state index in [0.717, 1.165) is 16.7 Å². The summed E-state index contributed by atoms with van der Waals surface area (Å²) in [6.07, 6.45) is 0. The lowest BCUT2D eigenvalue weighted by Crippen LogP contribution is -2.06. The minimum absolute atomic E-state index is 0.00153. The number of anilines is 1. The number of carbonyl (C=O) groups excluding carboxylic acids is 2. The maximum absolute atomic E-state index is 10.8. The van der Waals surface area contributed by atoms with Crippen molar-refractivity contribution in [3.8, 4) is 0 Å². The molecule has 1 N–H and O–H groups in total. The van der Waals surface area contributed by atoms with Crippen LogP contribution in [0.5, 0.6) is 0 Å². The van der Waals surface area contributed by atoms with Gasteiger partial charge in [-0.15, -0.1) is 0 Å². The lowest BCUT2D eigenvalue weighted by Gasteiger charge is -2.05. The molecule has 0 unspecified atom stereocenters. The van der Waals surface area contributed by atoms with E-state index in [4.69, 9.17) is 11.6 Å². The third-order valence-corrected chi connectivity index (χ3v) is 2.60. The topological polar surface area (TPSA) is 46.2 Å². The number of carbonyl (C=O) groups is 2. The molecule has 0 aliphatic rings. The van der Waals surface area contributed by atoms with Crippen LogP contribution < -0.4 is 5.32 Å². The third-order valence-electron chi connectivity index (χ3n) is 1.51. The highest BCUT2D eigenvalue weighted by molar-refractivity contribution is 8.13. The van der Waals surface area contributed by atoms with Crippen molar-refractivity contribution in [1.29, 1.82) is 0 Å². The minimum Gasteiger partial charge on any atom is -0.325 e. The smallest absolute Gasteiger partial charge is 0.221 e. The second-order valence-corrected chi connectivity index (χ2v) is 4.57. The van der Waals surface area contributed by atoms with Gasteiger partial charge in [0.25, 0.3) is 0 Å². The summed E-state index contributed by atoms with van der Waals surface area (Å²) < 4.78 is 0. The Balaban J connectivity index is 2.87. The summed E-state index contributed by atoms with van der Waals surface area (Å²) in [7, 11) is 0. The standard InChI is InChI=1S/C10H10ClNO2S/c1-6(13)12-10-4-3-8(5-9(10)11)15-7(2)14/h3-5H,1-2H3,(H,12,13). The van der Waals surface area contributed by atoms with Gasteiger partial charge in [-0.25, -0.2) is 0 Å². The predicted octanol–water partition coefficient (Wildman–Crippen LogP) is 2.94. The fourth-order valence-electron chi connectivity index (χ4n) is 1.02. The molecule has 0 saturated carbocycles. The molecule has 0 atom stereocenters. The Kier molecular flexibility index (Phi) is 4.17.